The van der Waals surface area contributed by atoms with Gasteiger partial charge in [-0.3, -0.25) is 0 Å². The number of nitrogens with one attached hydrogen (secondary N) is 1. The molecule has 1 aromatic rings. The van der Waals surface area contributed by atoms with Crippen LogP contribution in [0.15, 0.2) is 0 Å². The van der Waals surface area contributed by atoms with Crippen molar-refractivity contribution >= 4 is 11.6 Å². The molecule has 1 unspecified atom stereocenters. The Morgan fingerprint density at radius 1 is 1.44 bits per heavy atom. The number of hydrogen-bond acceptors (Lipinski definition) is 6. The first-order chi connectivity index (χ1) is 8.61. The Morgan fingerprint density at radius 3 is 2.83 bits per heavy atom. The van der Waals surface area contributed by atoms with Crippen LogP contribution < -0.4 is 16.2 Å². The van der Waals surface area contributed by atoms with Gasteiger partial charge in [0.25, 0.3) is 0 Å². The van der Waals surface area contributed by atoms with Crippen molar-refractivity contribution in [2.24, 2.45) is 5.84 Å². The van der Waals surface area contributed by atoms with Crippen LogP contribution in [0.1, 0.15) is 24.2 Å². The Labute approximate surface area is 108 Å². The van der Waals surface area contributed by atoms with Gasteiger partial charge in [0.2, 0.25) is 0 Å². The summed E-state index contributed by atoms with van der Waals surface area (Å²) in [7, 11) is 2.02. The Bertz CT molecular complexity index is 417. The van der Waals surface area contributed by atoms with Crippen molar-refractivity contribution in [1.29, 1.82) is 0 Å². The van der Waals surface area contributed by atoms with Crippen molar-refractivity contribution in [3.8, 4) is 0 Å². The van der Waals surface area contributed by atoms with Gasteiger partial charge in [0.05, 0.1) is 6.10 Å². The highest BCUT2D eigenvalue weighted by atomic mass is 16.5. The summed E-state index contributed by atoms with van der Waals surface area (Å²) in [6, 6.07) is 0. The number of hydrogen-bond donors (Lipinski definition) is 2. The van der Waals surface area contributed by atoms with Crippen molar-refractivity contribution < 1.29 is 4.74 Å². The van der Waals surface area contributed by atoms with Gasteiger partial charge in [-0.15, -0.1) is 0 Å². The zero-order chi connectivity index (χ0) is 13.1. The lowest BCUT2D eigenvalue weighted by Crippen LogP contribution is -2.30. The van der Waals surface area contributed by atoms with E-state index in [0.29, 0.717) is 17.7 Å². The van der Waals surface area contributed by atoms with Gasteiger partial charge in [0.15, 0.2) is 0 Å². The SMILES string of the molecule is Cc1nc(NN)c(C)c(N(C)CC2CCCO2)n1. The van der Waals surface area contributed by atoms with Crippen LogP contribution in [0.2, 0.25) is 0 Å². The van der Waals surface area contributed by atoms with Crippen LogP contribution in [-0.2, 0) is 4.74 Å². The summed E-state index contributed by atoms with van der Waals surface area (Å²) >= 11 is 0. The first-order valence-corrected chi connectivity index (χ1v) is 6.26. The zero-order valence-corrected chi connectivity index (χ0v) is 11.2. The molecule has 1 saturated heterocycles. The van der Waals surface area contributed by atoms with E-state index in [0.717, 1.165) is 37.4 Å². The molecule has 0 spiro atoms. The second-order valence-corrected chi connectivity index (χ2v) is 4.73. The molecule has 1 aromatic heterocycles. The molecule has 0 aliphatic carbocycles. The van der Waals surface area contributed by atoms with E-state index in [2.05, 4.69) is 20.3 Å². The Morgan fingerprint density at radius 2 is 2.22 bits per heavy atom. The van der Waals surface area contributed by atoms with Crippen molar-refractivity contribution in [1.82, 2.24) is 9.97 Å². The molecular formula is C12H21N5O. The number of likely N-dealkylation sites (N-methyl/N-ethyl adjacent to an activating group) is 1. The first kappa shape index (κ1) is 13.0. The topological polar surface area (TPSA) is 76.3 Å². The van der Waals surface area contributed by atoms with Gasteiger partial charge in [0.1, 0.15) is 17.5 Å². The first-order valence-electron chi connectivity index (χ1n) is 6.26. The van der Waals surface area contributed by atoms with Crippen LogP contribution in [0.25, 0.3) is 0 Å². The number of anilines is 2. The summed E-state index contributed by atoms with van der Waals surface area (Å²) in [4.78, 5) is 10.9. The van der Waals surface area contributed by atoms with Crippen LogP contribution in [0.3, 0.4) is 0 Å². The zero-order valence-electron chi connectivity index (χ0n) is 11.2. The lowest BCUT2D eigenvalue weighted by Gasteiger charge is -2.24. The van der Waals surface area contributed by atoms with E-state index in [9.17, 15) is 0 Å². The predicted molar refractivity (Wildman–Crippen MR) is 71.6 cm³/mol. The summed E-state index contributed by atoms with van der Waals surface area (Å²) in [6.07, 6.45) is 2.57. The van der Waals surface area contributed by atoms with E-state index in [4.69, 9.17) is 10.6 Å². The second kappa shape index (κ2) is 5.49. The van der Waals surface area contributed by atoms with Crippen LogP contribution in [0, 0.1) is 13.8 Å². The van der Waals surface area contributed by atoms with Gasteiger partial charge in [-0.25, -0.2) is 15.8 Å². The highest BCUT2D eigenvalue weighted by molar-refractivity contribution is 5.57. The maximum atomic E-state index is 5.65. The molecule has 2 rings (SSSR count). The molecule has 0 aromatic carbocycles. The predicted octanol–water partition coefficient (Wildman–Crippen LogP) is 0.994. The van der Waals surface area contributed by atoms with Gasteiger partial charge in [-0.05, 0) is 26.7 Å². The lowest BCUT2D eigenvalue weighted by atomic mass is 10.2. The molecule has 1 aliphatic rings. The minimum absolute atomic E-state index is 0.305. The molecule has 1 atom stereocenters. The molecule has 1 aliphatic heterocycles. The average molecular weight is 251 g/mol. The summed E-state index contributed by atoms with van der Waals surface area (Å²) in [5, 5.41) is 0. The number of hydrazine groups is 1. The smallest absolute Gasteiger partial charge is 0.148 e. The summed E-state index contributed by atoms with van der Waals surface area (Å²) in [6.45, 7) is 5.55. The van der Waals surface area contributed by atoms with Crippen LogP contribution in [-0.4, -0.2) is 36.3 Å². The fourth-order valence-electron chi connectivity index (χ4n) is 2.31. The van der Waals surface area contributed by atoms with E-state index in [-0.39, 0.29) is 0 Å². The van der Waals surface area contributed by atoms with Crippen molar-refractivity contribution in [3.63, 3.8) is 0 Å². The van der Waals surface area contributed by atoms with Crippen molar-refractivity contribution in [2.75, 3.05) is 30.5 Å². The van der Waals surface area contributed by atoms with Crippen molar-refractivity contribution in [2.45, 2.75) is 32.8 Å². The summed E-state index contributed by atoms with van der Waals surface area (Å²) in [5.74, 6) is 7.77. The van der Waals surface area contributed by atoms with Crippen LogP contribution in [0.4, 0.5) is 11.6 Å². The molecule has 0 amide bonds. The average Bonchev–Trinajstić information content (AvgIpc) is 2.84. The van der Waals surface area contributed by atoms with E-state index < -0.39 is 0 Å². The quantitative estimate of drug-likeness (QED) is 0.614. The van der Waals surface area contributed by atoms with E-state index in [1.165, 1.54) is 0 Å². The molecule has 2 heterocycles. The molecule has 0 saturated carbocycles. The number of ether oxygens (including phenoxy) is 1. The molecule has 0 radical (unpaired) electrons. The number of aromatic nitrogens is 2. The maximum absolute atomic E-state index is 5.65. The monoisotopic (exact) mass is 251 g/mol. The highest BCUT2D eigenvalue weighted by Crippen LogP contribution is 2.23. The summed E-state index contributed by atoms with van der Waals surface area (Å²) in [5.41, 5.74) is 3.58. The minimum atomic E-state index is 0.305. The molecule has 18 heavy (non-hydrogen) atoms. The fraction of sp³-hybridized carbons (Fsp3) is 0.667. The normalized spacial score (nSPS) is 19.0. The lowest BCUT2D eigenvalue weighted by molar-refractivity contribution is 0.116. The van der Waals surface area contributed by atoms with E-state index in [1.807, 2.05) is 20.9 Å². The highest BCUT2D eigenvalue weighted by Gasteiger charge is 2.20. The number of rotatable bonds is 4. The van der Waals surface area contributed by atoms with Gasteiger partial charge in [0, 0.05) is 25.8 Å². The third-order valence-electron chi connectivity index (χ3n) is 3.23. The molecule has 3 N–H and O–H groups in total. The number of nitrogens with two attached hydrogens (primary N) is 1. The van der Waals surface area contributed by atoms with E-state index in [1.54, 1.807) is 0 Å². The Kier molecular flexibility index (Phi) is 3.98. The third-order valence-corrected chi connectivity index (χ3v) is 3.23. The molecular weight excluding hydrogens is 230 g/mol. The Hall–Kier alpha value is -1.40. The van der Waals surface area contributed by atoms with E-state index >= 15 is 0 Å². The van der Waals surface area contributed by atoms with Crippen LogP contribution in [0.5, 0.6) is 0 Å². The Balaban J connectivity index is 2.17. The third kappa shape index (κ3) is 2.70. The molecule has 1 fully saturated rings. The largest absolute Gasteiger partial charge is 0.376 e. The second-order valence-electron chi connectivity index (χ2n) is 4.73. The molecule has 6 nitrogen and oxygen atoms in total. The molecule has 100 valence electrons. The minimum Gasteiger partial charge on any atom is -0.376 e. The van der Waals surface area contributed by atoms with Gasteiger partial charge < -0.3 is 15.1 Å². The number of nitrogens with zero attached hydrogens (tertiary/aromatic N) is 3. The van der Waals surface area contributed by atoms with Crippen molar-refractivity contribution in [3.05, 3.63) is 11.4 Å². The summed E-state index contributed by atoms with van der Waals surface area (Å²) < 4.78 is 5.65. The fourth-order valence-corrected chi connectivity index (χ4v) is 2.31. The number of nitrogen functional groups attached to an aromatic ring is 1. The van der Waals surface area contributed by atoms with Crippen LogP contribution >= 0.6 is 0 Å². The van der Waals surface area contributed by atoms with Gasteiger partial charge in [-0.2, -0.15) is 0 Å². The maximum Gasteiger partial charge on any atom is 0.148 e. The number of aryl methyl sites for hydroxylation is 1. The van der Waals surface area contributed by atoms with Gasteiger partial charge in [-0.1, -0.05) is 0 Å². The van der Waals surface area contributed by atoms with Gasteiger partial charge >= 0.3 is 0 Å². The standard InChI is InChI=1S/C12H21N5O/c1-8-11(16-13)14-9(2)15-12(8)17(3)7-10-5-4-6-18-10/h10H,4-7,13H2,1-3H3,(H,14,15,16). The molecule has 6 heteroatoms. The molecule has 0 bridgehead atoms.